The molecule has 6 heteroatoms. The van der Waals surface area contributed by atoms with Crippen molar-refractivity contribution in [1.29, 1.82) is 0 Å². The highest BCUT2D eigenvalue weighted by Gasteiger charge is 2.49. The van der Waals surface area contributed by atoms with Crippen molar-refractivity contribution in [3.05, 3.63) is 65.7 Å². The number of carbonyl (C=O) groups is 3. The lowest BCUT2D eigenvalue weighted by Gasteiger charge is -2.22. The second kappa shape index (κ2) is 7.23. The number of carbonyl (C=O) groups excluding carboxylic acids is 3. The van der Waals surface area contributed by atoms with Gasteiger partial charge < -0.3 is 10.6 Å². The highest BCUT2D eigenvalue weighted by Crippen LogP contribution is 2.29. The maximum Gasteiger partial charge on any atom is 0.325 e. The molecular formula is C21H23N3O3. The predicted molar refractivity (Wildman–Crippen MR) is 103 cm³/mol. The van der Waals surface area contributed by atoms with Gasteiger partial charge in [-0.3, -0.25) is 14.5 Å². The molecule has 1 heterocycles. The van der Waals surface area contributed by atoms with Crippen LogP contribution in [0, 0.1) is 0 Å². The molecule has 1 atom stereocenters. The summed E-state index contributed by atoms with van der Waals surface area (Å²) in [6.45, 7) is 5.38. The van der Waals surface area contributed by atoms with E-state index in [1.54, 1.807) is 31.2 Å². The SMILES string of the molecule is CC(C)c1ccccc1NC(=O)CN1C(=O)N[C@](C)(c2ccccc2)C1=O. The summed E-state index contributed by atoms with van der Waals surface area (Å²) in [6.07, 6.45) is 0. The smallest absolute Gasteiger partial charge is 0.324 e. The molecule has 2 aromatic carbocycles. The number of benzene rings is 2. The number of hydrogen-bond acceptors (Lipinski definition) is 3. The molecule has 1 aliphatic heterocycles. The van der Waals surface area contributed by atoms with Crippen molar-refractivity contribution >= 4 is 23.5 Å². The number of nitrogens with zero attached hydrogens (tertiary/aromatic N) is 1. The van der Waals surface area contributed by atoms with Gasteiger partial charge in [0.1, 0.15) is 12.1 Å². The highest BCUT2D eigenvalue weighted by atomic mass is 16.2. The average molecular weight is 365 g/mol. The number of urea groups is 1. The number of imide groups is 1. The van der Waals surface area contributed by atoms with E-state index in [4.69, 9.17) is 0 Å². The van der Waals surface area contributed by atoms with E-state index in [9.17, 15) is 14.4 Å². The van der Waals surface area contributed by atoms with Crippen LogP contribution >= 0.6 is 0 Å². The zero-order chi connectivity index (χ0) is 19.6. The largest absolute Gasteiger partial charge is 0.325 e. The van der Waals surface area contributed by atoms with E-state index in [1.165, 1.54) is 0 Å². The Hall–Kier alpha value is -3.15. The highest BCUT2D eigenvalue weighted by molar-refractivity contribution is 6.10. The number of nitrogens with one attached hydrogen (secondary N) is 2. The van der Waals surface area contributed by atoms with E-state index < -0.39 is 23.4 Å². The average Bonchev–Trinajstić information content (AvgIpc) is 2.87. The molecule has 0 spiro atoms. The number of para-hydroxylation sites is 1. The third-order valence-electron chi connectivity index (χ3n) is 4.78. The molecule has 3 rings (SSSR count). The lowest BCUT2D eigenvalue weighted by molar-refractivity contribution is -0.133. The van der Waals surface area contributed by atoms with E-state index in [2.05, 4.69) is 10.6 Å². The molecule has 6 nitrogen and oxygen atoms in total. The molecule has 4 amide bonds. The van der Waals surface area contributed by atoms with Crippen LogP contribution < -0.4 is 10.6 Å². The monoisotopic (exact) mass is 365 g/mol. The zero-order valence-electron chi connectivity index (χ0n) is 15.7. The summed E-state index contributed by atoms with van der Waals surface area (Å²) < 4.78 is 0. The molecule has 140 valence electrons. The standard InChI is InChI=1S/C21H23N3O3/c1-14(2)16-11-7-8-12-17(16)22-18(25)13-24-19(26)21(3,23-20(24)27)15-9-5-4-6-10-15/h4-12,14H,13H2,1-3H3,(H,22,25)(H,23,27)/t21-/m1/s1. The zero-order valence-corrected chi connectivity index (χ0v) is 15.7. The first-order valence-electron chi connectivity index (χ1n) is 8.91. The number of rotatable bonds is 5. The molecule has 1 aliphatic rings. The second-order valence-corrected chi connectivity index (χ2v) is 7.10. The topological polar surface area (TPSA) is 78.5 Å². The lowest BCUT2D eigenvalue weighted by Crippen LogP contribution is -2.42. The minimum Gasteiger partial charge on any atom is -0.324 e. The van der Waals surface area contributed by atoms with Gasteiger partial charge in [0.25, 0.3) is 5.91 Å². The van der Waals surface area contributed by atoms with Gasteiger partial charge in [0.05, 0.1) is 0 Å². The Morgan fingerprint density at radius 1 is 1.07 bits per heavy atom. The first-order chi connectivity index (χ1) is 12.8. The van der Waals surface area contributed by atoms with Gasteiger partial charge in [-0.25, -0.2) is 4.79 Å². The molecule has 27 heavy (non-hydrogen) atoms. The van der Waals surface area contributed by atoms with Gasteiger partial charge >= 0.3 is 6.03 Å². The number of amides is 4. The molecular weight excluding hydrogens is 342 g/mol. The van der Waals surface area contributed by atoms with Gasteiger partial charge in [-0.15, -0.1) is 0 Å². The summed E-state index contributed by atoms with van der Waals surface area (Å²) >= 11 is 0. The number of hydrogen-bond donors (Lipinski definition) is 2. The van der Waals surface area contributed by atoms with Gasteiger partial charge in [0, 0.05) is 5.69 Å². The molecule has 0 bridgehead atoms. The summed E-state index contributed by atoms with van der Waals surface area (Å²) in [6, 6.07) is 15.9. The van der Waals surface area contributed by atoms with Gasteiger partial charge in [-0.1, -0.05) is 62.4 Å². The van der Waals surface area contributed by atoms with Crippen LogP contribution in [0.15, 0.2) is 54.6 Å². The molecule has 1 fully saturated rings. The summed E-state index contributed by atoms with van der Waals surface area (Å²) in [4.78, 5) is 38.7. The molecule has 0 aliphatic carbocycles. The van der Waals surface area contributed by atoms with Crippen LogP contribution in [0.3, 0.4) is 0 Å². The van der Waals surface area contributed by atoms with Crippen LogP contribution in [0.5, 0.6) is 0 Å². The predicted octanol–water partition coefficient (Wildman–Crippen LogP) is 3.22. The Labute approximate surface area is 158 Å². The molecule has 0 saturated carbocycles. The first kappa shape index (κ1) is 18.6. The van der Waals surface area contributed by atoms with E-state index in [0.717, 1.165) is 10.5 Å². The maximum atomic E-state index is 12.9. The Morgan fingerprint density at radius 2 is 1.70 bits per heavy atom. The third kappa shape index (κ3) is 3.56. The van der Waals surface area contributed by atoms with Crippen molar-refractivity contribution in [3.8, 4) is 0 Å². The first-order valence-corrected chi connectivity index (χ1v) is 8.91. The molecule has 0 unspecified atom stereocenters. The maximum absolute atomic E-state index is 12.9. The van der Waals surface area contributed by atoms with E-state index in [1.807, 2.05) is 44.2 Å². The molecule has 0 aromatic heterocycles. The summed E-state index contributed by atoms with van der Waals surface area (Å²) in [5, 5.41) is 5.52. The summed E-state index contributed by atoms with van der Waals surface area (Å²) in [5.41, 5.74) is 1.19. The van der Waals surface area contributed by atoms with Gasteiger partial charge in [0.15, 0.2) is 0 Å². The summed E-state index contributed by atoms with van der Waals surface area (Å²) in [7, 11) is 0. The fourth-order valence-corrected chi connectivity index (χ4v) is 3.26. The van der Waals surface area contributed by atoms with Crippen LogP contribution in [-0.4, -0.2) is 29.3 Å². The van der Waals surface area contributed by atoms with Crippen LogP contribution in [0.25, 0.3) is 0 Å². The van der Waals surface area contributed by atoms with Gasteiger partial charge in [-0.2, -0.15) is 0 Å². The van der Waals surface area contributed by atoms with E-state index in [-0.39, 0.29) is 12.5 Å². The van der Waals surface area contributed by atoms with Crippen molar-refractivity contribution in [1.82, 2.24) is 10.2 Å². The van der Waals surface area contributed by atoms with Crippen LogP contribution in [0.1, 0.15) is 37.8 Å². The Kier molecular flexibility index (Phi) is 4.99. The van der Waals surface area contributed by atoms with Crippen molar-refractivity contribution in [2.24, 2.45) is 0 Å². The van der Waals surface area contributed by atoms with Crippen LogP contribution in [-0.2, 0) is 15.1 Å². The fourth-order valence-electron chi connectivity index (χ4n) is 3.26. The quantitative estimate of drug-likeness (QED) is 0.799. The van der Waals surface area contributed by atoms with Crippen molar-refractivity contribution in [2.75, 3.05) is 11.9 Å². The third-order valence-corrected chi connectivity index (χ3v) is 4.78. The van der Waals surface area contributed by atoms with Gasteiger partial charge in [0.2, 0.25) is 5.91 Å². The normalized spacial score (nSPS) is 19.3. The lowest BCUT2D eigenvalue weighted by atomic mass is 9.92. The second-order valence-electron chi connectivity index (χ2n) is 7.10. The molecule has 2 N–H and O–H groups in total. The minimum atomic E-state index is -1.17. The van der Waals surface area contributed by atoms with E-state index >= 15 is 0 Å². The fraction of sp³-hybridized carbons (Fsp3) is 0.286. The van der Waals surface area contributed by atoms with Crippen LogP contribution in [0.4, 0.5) is 10.5 Å². The number of anilines is 1. The minimum absolute atomic E-state index is 0.236. The van der Waals surface area contributed by atoms with Crippen molar-refractivity contribution in [2.45, 2.75) is 32.2 Å². The summed E-state index contributed by atoms with van der Waals surface area (Å²) in [5.74, 6) is -0.616. The molecule has 2 aromatic rings. The van der Waals surface area contributed by atoms with Crippen LogP contribution in [0.2, 0.25) is 0 Å². The van der Waals surface area contributed by atoms with Gasteiger partial charge in [-0.05, 0) is 30.0 Å². The Bertz CT molecular complexity index is 879. The Balaban J connectivity index is 1.75. The Morgan fingerprint density at radius 3 is 2.37 bits per heavy atom. The van der Waals surface area contributed by atoms with E-state index in [0.29, 0.717) is 11.3 Å². The van der Waals surface area contributed by atoms with Crippen molar-refractivity contribution < 1.29 is 14.4 Å². The van der Waals surface area contributed by atoms with Crippen molar-refractivity contribution in [3.63, 3.8) is 0 Å². The molecule has 1 saturated heterocycles. The molecule has 0 radical (unpaired) electrons.